The number of ketones is 3. The van der Waals surface area contributed by atoms with E-state index in [-0.39, 0.29) is 22.8 Å². The van der Waals surface area contributed by atoms with E-state index in [9.17, 15) is 14.4 Å². The predicted octanol–water partition coefficient (Wildman–Crippen LogP) is 19.0. The Labute approximate surface area is 461 Å². The van der Waals surface area contributed by atoms with Crippen LogP contribution in [0.2, 0.25) is 36.3 Å². The number of carbonyl (C=O) groups excluding carboxylic acids is 3. The molecule has 1 heterocycles. The van der Waals surface area contributed by atoms with Gasteiger partial charge in [-0.25, -0.2) is 0 Å². The lowest BCUT2D eigenvalue weighted by Gasteiger charge is -2.41. The number of methoxy groups -OCH3 is 1. The van der Waals surface area contributed by atoms with E-state index < -0.39 is 16.1 Å². The number of Topliss-reactive ketones (excluding diaryl/α,β-unsaturated/α-hetero) is 3. The number of hydrogen-bond donors (Lipinski definition) is 0. The first-order valence-electron chi connectivity index (χ1n) is 27.3. The molecule has 0 unspecified atom stereocenters. The van der Waals surface area contributed by atoms with Crippen molar-refractivity contribution in [2.24, 2.45) is 10.8 Å². The fourth-order valence-corrected chi connectivity index (χ4v) is 8.65. The Morgan fingerprint density at radius 1 is 0.608 bits per heavy atom. The van der Waals surface area contributed by atoms with Crippen molar-refractivity contribution in [2.45, 2.75) is 220 Å². The summed E-state index contributed by atoms with van der Waals surface area (Å²) in [4.78, 5) is 30.6. The summed E-state index contributed by atoms with van der Waals surface area (Å²) in [5, 5.41) is 3.91. The van der Waals surface area contributed by atoms with Crippen LogP contribution in [0.15, 0.2) is 134 Å². The molecule has 5 rings (SSSR count). The smallest absolute Gasteiger partial charge is 0.159 e. The second kappa shape index (κ2) is 43.1. The molecule has 0 aromatic heterocycles. The van der Waals surface area contributed by atoms with E-state index in [0.717, 1.165) is 31.6 Å². The zero-order chi connectivity index (χ0) is 58.8. The quantitative estimate of drug-likeness (QED) is 0.109. The van der Waals surface area contributed by atoms with Crippen molar-refractivity contribution in [3.05, 3.63) is 145 Å². The number of rotatable bonds is 6. The van der Waals surface area contributed by atoms with Gasteiger partial charge in [-0.05, 0) is 94.7 Å². The van der Waals surface area contributed by atoms with E-state index in [2.05, 4.69) is 212 Å². The highest BCUT2D eigenvalue weighted by molar-refractivity contribution is 7.03. The number of carbonyl (C=O) groups is 3. The van der Waals surface area contributed by atoms with Crippen LogP contribution >= 0.6 is 0 Å². The number of benzene rings is 4. The van der Waals surface area contributed by atoms with Crippen molar-refractivity contribution in [2.75, 3.05) is 20.3 Å². The minimum Gasteiger partial charge on any atom is -0.385 e. The molecule has 1 fully saturated rings. The van der Waals surface area contributed by atoms with Crippen LogP contribution in [0.1, 0.15) is 187 Å². The molecule has 4 aromatic carbocycles. The summed E-state index contributed by atoms with van der Waals surface area (Å²) in [6, 6.07) is 41.7. The maximum Gasteiger partial charge on any atom is 0.159 e. The van der Waals surface area contributed by atoms with Gasteiger partial charge in [0.05, 0.1) is 6.10 Å². The van der Waals surface area contributed by atoms with Crippen LogP contribution in [-0.4, -0.2) is 59.9 Å². The molecule has 0 radical (unpaired) electrons. The summed E-state index contributed by atoms with van der Waals surface area (Å²) >= 11 is 0. The third-order valence-corrected chi connectivity index (χ3v) is 22.4. The maximum absolute atomic E-state index is 10.6. The van der Waals surface area contributed by atoms with E-state index in [0.29, 0.717) is 21.6 Å². The molecule has 0 spiro atoms. The second-order valence-electron chi connectivity index (χ2n) is 24.5. The van der Waals surface area contributed by atoms with Gasteiger partial charge >= 0.3 is 0 Å². The Balaban J connectivity index is -0.000000250. The Bertz CT molecular complexity index is 1860. The zero-order valence-corrected chi connectivity index (χ0v) is 54.9. The van der Waals surface area contributed by atoms with Crippen LogP contribution in [0.25, 0.3) is 0 Å². The number of allylic oxidation sites excluding steroid dienone is 1. The normalized spacial score (nSPS) is 12.8. The molecule has 5 nitrogen and oxygen atoms in total. The Morgan fingerprint density at radius 2 is 0.905 bits per heavy atom. The molecule has 1 aliphatic heterocycles. The van der Waals surface area contributed by atoms with E-state index in [1.807, 2.05) is 70.2 Å². The predicted molar refractivity (Wildman–Crippen MR) is 338 cm³/mol. The van der Waals surface area contributed by atoms with E-state index in [1.54, 1.807) is 21.0 Å². The number of ether oxygens (including phenoxy) is 2. The van der Waals surface area contributed by atoms with Crippen LogP contribution in [-0.2, 0) is 25.5 Å². The van der Waals surface area contributed by atoms with Crippen molar-refractivity contribution in [1.82, 2.24) is 0 Å². The van der Waals surface area contributed by atoms with Crippen molar-refractivity contribution in [1.29, 1.82) is 0 Å². The summed E-state index contributed by atoms with van der Waals surface area (Å²) in [6.45, 7) is 58.2. The first kappa shape index (κ1) is 78.9. The van der Waals surface area contributed by atoms with Crippen LogP contribution in [0.5, 0.6) is 0 Å². The van der Waals surface area contributed by atoms with Crippen LogP contribution in [0.3, 0.4) is 0 Å². The minimum atomic E-state index is -1.70. The highest BCUT2D eigenvalue weighted by Crippen LogP contribution is 2.36. The fraction of sp³-hybridized carbons (Fsp3) is 0.567. The first-order chi connectivity index (χ1) is 33.8. The molecule has 1 saturated heterocycles. The molecule has 0 aliphatic carbocycles. The van der Waals surface area contributed by atoms with Gasteiger partial charge in [0.1, 0.15) is 19.6 Å². The molecule has 74 heavy (non-hydrogen) atoms. The molecule has 0 bridgehead atoms. The van der Waals surface area contributed by atoms with Crippen LogP contribution in [0.4, 0.5) is 0 Å². The lowest BCUT2D eigenvalue weighted by Crippen LogP contribution is -2.61. The standard InChI is InChI=1S/C17H22Si.C8H8O.C8H10.C7H18Si.2C6H12O.C5H12.C4H8.C3H8O.C3H6O/c1-17(2,3)18(4,15-11-7-5-8-12-15)16-13-9-6-10-14-16;1-7(9)8-5-3-2-4-6-8;1-2-8-6-4-3-5-7-8;1-7(2,3)8(4,5)6;1-6-4-2-3-5-7-6;1-5(7)6(2,3)4;1-5(2,3)4;2*1-3-4-2;1-3(2)4/h5-14H,1-4H3;2-6H,1H3;3-7H,2H2,1H3;1-6H3;6H,2-5H2,1H3;1-4H3;1-4H3;3H,1,4H2,2H3;3H2,1-2H3;1-2H3/t;;;;6-;;;;;/m....1...../s1. The maximum atomic E-state index is 10.6. The zero-order valence-electron chi connectivity index (χ0n) is 52.9. The SMILES string of the molecule is C=CCC.CC(=O)C(C)(C)C.CC(=O)c1ccccc1.CC(C)(C)C.CC(C)(C)[Si](C)(C)C.CC(C)(C)[Si](C)(c1ccccc1)c1ccccc1.CC(C)=O.CCOC.CCc1ccccc1.C[C@@H]1CCCCO1. The average molecular weight is 1060 g/mol. The van der Waals surface area contributed by atoms with Crippen molar-refractivity contribution in [3.63, 3.8) is 0 Å². The molecule has 1 atom stereocenters. The van der Waals surface area contributed by atoms with E-state index >= 15 is 0 Å². The van der Waals surface area contributed by atoms with Gasteiger partial charge < -0.3 is 14.3 Å². The summed E-state index contributed by atoms with van der Waals surface area (Å²) in [5.41, 5.74) is 2.55. The molecule has 422 valence electrons. The highest BCUT2D eigenvalue weighted by atomic mass is 28.3. The lowest BCUT2D eigenvalue weighted by atomic mass is 9.92. The largest absolute Gasteiger partial charge is 0.385 e. The van der Waals surface area contributed by atoms with Crippen molar-refractivity contribution >= 4 is 43.9 Å². The molecule has 4 aromatic rings. The van der Waals surface area contributed by atoms with Crippen LogP contribution in [0, 0.1) is 10.8 Å². The average Bonchev–Trinajstić information content (AvgIpc) is 3.32. The third-order valence-electron chi connectivity index (χ3n) is 11.9. The van der Waals surface area contributed by atoms with Gasteiger partial charge in [0.2, 0.25) is 0 Å². The first-order valence-corrected chi connectivity index (χ1v) is 33.3. The van der Waals surface area contributed by atoms with Gasteiger partial charge in [-0.2, -0.15) is 0 Å². The van der Waals surface area contributed by atoms with Gasteiger partial charge in [-0.1, -0.05) is 268 Å². The molecular weight excluding hydrogens is 941 g/mol. The topological polar surface area (TPSA) is 69.7 Å². The molecule has 0 N–H and O–H groups in total. The van der Waals surface area contributed by atoms with Crippen molar-refractivity contribution in [3.8, 4) is 0 Å². The van der Waals surface area contributed by atoms with Gasteiger partial charge in [-0.3, -0.25) is 9.59 Å². The summed E-state index contributed by atoms with van der Waals surface area (Å²) in [7, 11) is -0.881. The third kappa shape index (κ3) is 47.7. The molecule has 0 amide bonds. The van der Waals surface area contributed by atoms with E-state index in [4.69, 9.17) is 4.74 Å². The summed E-state index contributed by atoms with van der Waals surface area (Å²) < 4.78 is 9.82. The second-order valence-corrected chi connectivity index (χ2v) is 35.4. The van der Waals surface area contributed by atoms with E-state index in [1.165, 1.54) is 49.0 Å². The van der Waals surface area contributed by atoms with Crippen molar-refractivity contribution < 1.29 is 23.9 Å². The van der Waals surface area contributed by atoms with Crippen LogP contribution < -0.4 is 10.4 Å². The Kier molecular flexibility index (Phi) is 46.0. The fourth-order valence-electron chi connectivity index (χ4n) is 4.86. The number of aryl methyl sites for hydroxylation is 1. The highest BCUT2D eigenvalue weighted by Gasteiger charge is 2.42. The number of hydrogen-bond acceptors (Lipinski definition) is 5. The Morgan fingerprint density at radius 3 is 1.05 bits per heavy atom. The van der Waals surface area contributed by atoms with Gasteiger partial charge in [-0.15, -0.1) is 6.58 Å². The van der Waals surface area contributed by atoms with Gasteiger partial charge in [0.25, 0.3) is 0 Å². The Hall–Kier alpha value is -4.02. The molecular formula is C67H116O5Si2. The monoisotopic (exact) mass is 1060 g/mol. The molecule has 0 saturated carbocycles. The molecule has 7 heteroatoms. The molecule has 1 aliphatic rings. The van der Waals surface area contributed by atoms with Gasteiger partial charge in [0.15, 0.2) is 5.78 Å². The summed E-state index contributed by atoms with van der Waals surface area (Å²) in [5.74, 6) is 0.531. The lowest BCUT2D eigenvalue weighted by molar-refractivity contribution is -0.124. The van der Waals surface area contributed by atoms with Gasteiger partial charge in [0, 0.05) is 39.4 Å². The summed E-state index contributed by atoms with van der Waals surface area (Å²) in [6.07, 6.45) is 8.53. The minimum absolute atomic E-state index is 0.121.